The minimum atomic E-state index is -0.233. The Kier molecular flexibility index (Phi) is 6.18. The number of ether oxygens (including phenoxy) is 1. The minimum Gasteiger partial charge on any atom is -0.494 e. The maximum absolute atomic E-state index is 12.3. The van der Waals surface area contributed by atoms with E-state index < -0.39 is 0 Å². The molecule has 0 radical (unpaired) electrons. The summed E-state index contributed by atoms with van der Waals surface area (Å²) < 4.78 is 11.3. The van der Waals surface area contributed by atoms with Gasteiger partial charge in [0.25, 0.3) is 5.91 Å². The topological polar surface area (TPSA) is 63.8 Å². The smallest absolute Gasteiger partial charge is 0.264 e. The molecule has 3 aromatic rings. The van der Waals surface area contributed by atoms with Crippen molar-refractivity contribution in [2.45, 2.75) is 6.92 Å². The van der Waals surface area contributed by atoms with Gasteiger partial charge in [-0.3, -0.25) is 4.79 Å². The molecule has 30 heavy (non-hydrogen) atoms. The number of amidine groups is 1. The number of halogens is 2. The van der Waals surface area contributed by atoms with Gasteiger partial charge in [0.05, 0.1) is 22.2 Å². The number of benzene rings is 2. The summed E-state index contributed by atoms with van der Waals surface area (Å²) in [6.45, 7) is 2.53. The predicted molar refractivity (Wildman–Crippen MR) is 123 cm³/mol. The van der Waals surface area contributed by atoms with Gasteiger partial charge in [0.1, 0.15) is 17.3 Å². The zero-order chi connectivity index (χ0) is 21.1. The molecule has 1 fully saturated rings. The van der Waals surface area contributed by atoms with Gasteiger partial charge < -0.3 is 14.5 Å². The summed E-state index contributed by atoms with van der Waals surface area (Å²) >= 11 is 13.5. The molecule has 1 aliphatic rings. The Morgan fingerprint density at radius 3 is 2.70 bits per heavy atom. The lowest BCUT2D eigenvalue weighted by atomic mass is 10.2. The molecule has 1 saturated heterocycles. The van der Waals surface area contributed by atoms with Gasteiger partial charge >= 0.3 is 0 Å². The Bertz CT molecular complexity index is 1150. The number of rotatable bonds is 5. The fraction of sp³-hybridized carbons (Fsp3) is 0.0909. The third-order valence-corrected chi connectivity index (χ3v) is 5.60. The van der Waals surface area contributed by atoms with E-state index in [0.717, 1.165) is 11.4 Å². The van der Waals surface area contributed by atoms with Crippen LogP contribution in [0.1, 0.15) is 12.7 Å². The highest BCUT2D eigenvalue weighted by Gasteiger charge is 2.24. The first-order chi connectivity index (χ1) is 14.5. The molecule has 1 amide bonds. The number of aliphatic imine (C=N–C) groups is 1. The van der Waals surface area contributed by atoms with E-state index in [2.05, 4.69) is 10.3 Å². The van der Waals surface area contributed by atoms with Crippen LogP contribution in [0.3, 0.4) is 0 Å². The summed E-state index contributed by atoms with van der Waals surface area (Å²) in [5.41, 5.74) is 1.41. The number of thioether (sulfide) groups is 1. The van der Waals surface area contributed by atoms with Crippen LogP contribution in [0.2, 0.25) is 10.0 Å². The Labute approximate surface area is 187 Å². The summed E-state index contributed by atoms with van der Waals surface area (Å²) in [7, 11) is 0. The average molecular weight is 459 g/mol. The summed E-state index contributed by atoms with van der Waals surface area (Å²) in [6, 6.07) is 16.1. The van der Waals surface area contributed by atoms with Crippen molar-refractivity contribution in [2.75, 3.05) is 6.61 Å². The fourth-order valence-electron chi connectivity index (χ4n) is 2.77. The van der Waals surface area contributed by atoms with Crippen LogP contribution < -0.4 is 10.1 Å². The van der Waals surface area contributed by atoms with Crippen LogP contribution >= 0.6 is 35.0 Å². The number of amides is 1. The number of carbonyl (C=O) groups excluding carboxylic acids is 1. The quantitative estimate of drug-likeness (QED) is 0.440. The molecule has 0 bridgehead atoms. The molecule has 1 aromatic heterocycles. The molecule has 0 atom stereocenters. The largest absolute Gasteiger partial charge is 0.494 e. The second-order valence-electron chi connectivity index (χ2n) is 6.23. The number of furan rings is 1. The normalized spacial score (nSPS) is 16.3. The third kappa shape index (κ3) is 4.73. The lowest BCUT2D eigenvalue weighted by Gasteiger charge is -2.02. The maximum atomic E-state index is 12.3. The van der Waals surface area contributed by atoms with Crippen LogP contribution in [0.4, 0.5) is 5.69 Å². The van der Waals surface area contributed by atoms with Gasteiger partial charge in [-0.2, -0.15) is 0 Å². The SMILES string of the molecule is CCOc1ccc(N=C2NC(=O)/C(=C\c3ccc(-c4cc(Cl)ccc4Cl)o3)S2)cc1. The molecule has 8 heteroatoms. The van der Waals surface area contributed by atoms with Gasteiger partial charge in [-0.25, -0.2) is 4.99 Å². The lowest BCUT2D eigenvalue weighted by molar-refractivity contribution is -0.115. The highest BCUT2D eigenvalue weighted by atomic mass is 35.5. The van der Waals surface area contributed by atoms with E-state index in [1.165, 1.54) is 11.8 Å². The van der Waals surface area contributed by atoms with Gasteiger partial charge in [0, 0.05) is 16.7 Å². The molecule has 0 spiro atoms. The first-order valence-electron chi connectivity index (χ1n) is 9.09. The molecule has 2 aromatic carbocycles. The molecule has 152 valence electrons. The highest BCUT2D eigenvalue weighted by molar-refractivity contribution is 8.18. The molecular formula is C22H16Cl2N2O3S. The van der Waals surface area contributed by atoms with Crippen LogP contribution in [0, 0.1) is 0 Å². The molecule has 5 nitrogen and oxygen atoms in total. The number of carbonyl (C=O) groups is 1. The number of nitrogens with zero attached hydrogens (tertiary/aromatic N) is 1. The average Bonchev–Trinajstić information content (AvgIpc) is 3.32. The van der Waals surface area contributed by atoms with Gasteiger partial charge in [-0.05, 0) is 73.3 Å². The summed E-state index contributed by atoms with van der Waals surface area (Å²) in [4.78, 5) is 17.3. The Morgan fingerprint density at radius 2 is 1.93 bits per heavy atom. The van der Waals surface area contributed by atoms with Crippen molar-refractivity contribution in [3.8, 4) is 17.1 Å². The number of hydrogen-bond acceptors (Lipinski definition) is 5. The van der Waals surface area contributed by atoms with E-state index in [0.29, 0.717) is 43.8 Å². The molecule has 0 saturated carbocycles. The van der Waals surface area contributed by atoms with E-state index in [4.69, 9.17) is 32.4 Å². The molecule has 0 unspecified atom stereocenters. The van der Waals surface area contributed by atoms with Gasteiger partial charge in [0.2, 0.25) is 0 Å². The highest BCUT2D eigenvalue weighted by Crippen LogP contribution is 2.34. The summed E-state index contributed by atoms with van der Waals surface area (Å²) in [5.74, 6) is 1.64. The first-order valence-corrected chi connectivity index (χ1v) is 10.7. The predicted octanol–water partition coefficient (Wildman–Crippen LogP) is 6.54. The molecule has 0 aliphatic carbocycles. The second-order valence-corrected chi connectivity index (χ2v) is 8.11. The fourth-order valence-corrected chi connectivity index (χ4v) is 3.98. The van der Waals surface area contributed by atoms with Gasteiger partial charge in [-0.1, -0.05) is 23.2 Å². The molecule has 1 aliphatic heterocycles. The monoisotopic (exact) mass is 458 g/mol. The molecular weight excluding hydrogens is 443 g/mol. The van der Waals surface area contributed by atoms with E-state index in [-0.39, 0.29) is 5.91 Å². The Morgan fingerprint density at radius 1 is 1.13 bits per heavy atom. The van der Waals surface area contributed by atoms with Crippen LogP contribution in [-0.2, 0) is 4.79 Å². The zero-order valence-corrected chi connectivity index (χ0v) is 18.1. The lowest BCUT2D eigenvalue weighted by Crippen LogP contribution is -2.19. The summed E-state index contributed by atoms with van der Waals surface area (Å²) in [6.07, 6.45) is 1.67. The summed E-state index contributed by atoms with van der Waals surface area (Å²) in [5, 5.41) is 4.36. The molecule has 4 rings (SSSR count). The standard InChI is InChI=1S/C22H16Cl2N2O3S/c1-2-28-15-6-4-14(5-7-15)25-22-26-21(27)20(30-22)12-16-8-10-19(29-16)17-11-13(23)3-9-18(17)24/h3-12H,2H2,1H3,(H,25,26,27)/b20-12+. The third-order valence-electron chi connectivity index (χ3n) is 4.12. The van der Waals surface area contributed by atoms with Crippen molar-refractivity contribution >= 4 is 57.8 Å². The van der Waals surface area contributed by atoms with Crippen molar-refractivity contribution in [3.05, 3.63) is 75.3 Å². The maximum Gasteiger partial charge on any atom is 0.264 e. The zero-order valence-electron chi connectivity index (χ0n) is 15.8. The van der Waals surface area contributed by atoms with Gasteiger partial charge in [-0.15, -0.1) is 0 Å². The minimum absolute atomic E-state index is 0.233. The first kappa shape index (κ1) is 20.6. The number of nitrogens with one attached hydrogen (secondary N) is 1. The molecule has 1 N–H and O–H groups in total. The van der Waals surface area contributed by atoms with Crippen LogP contribution in [0.15, 0.2) is 68.9 Å². The van der Waals surface area contributed by atoms with E-state index in [1.807, 2.05) is 31.2 Å². The number of hydrogen-bond donors (Lipinski definition) is 1. The molecule has 2 heterocycles. The van der Waals surface area contributed by atoms with Crippen molar-refractivity contribution in [1.29, 1.82) is 0 Å². The van der Waals surface area contributed by atoms with Crippen molar-refractivity contribution < 1.29 is 13.9 Å². The Hall–Kier alpha value is -2.67. The Balaban J connectivity index is 1.52. The van der Waals surface area contributed by atoms with Crippen LogP contribution in [0.5, 0.6) is 5.75 Å². The van der Waals surface area contributed by atoms with Crippen molar-refractivity contribution in [2.24, 2.45) is 4.99 Å². The van der Waals surface area contributed by atoms with Crippen molar-refractivity contribution in [1.82, 2.24) is 5.32 Å². The van der Waals surface area contributed by atoms with Crippen LogP contribution in [-0.4, -0.2) is 17.7 Å². The van der Waals surface area contributed by atoms with Gasteiger partial charge in [0.15, 0.2) is 5.17 Å². The van der Waals surface area contributed by atoms with E-state index >= 15 is 0 Å². The van der Waals surface area contributed by atoms with Crippen molar-refractivity contribution in [3.63, 3.8) is 0 Å². The van der Waals surface area contributed by atoms with E-state index in [1.54, 1.807) is 36.4 Å². The van der Waals surface area contributed by atoms with Crippen LogP contribution in [0.25, 0.3) is 17.4 Å². The second kappa shape index (κ2) is 9.00. The van der Waals surface area contributed by atoms with E-state index in [9.17, 15) is 4.79 Å².